The number of aromatic carboxylic acids is 1. The fourth-order valence-corrected chi connectivity index (χ4v) is 1.65. The van der Waals surface area contributed by atoms with Gasteiger partial charge in [0.05, 0.1) is 12.6 Å². The van der Waals surface area contributed by atoms with Gasteiger partial charge < -0.3 is 15.2 Å². The summed E-state index contributed by atoms with van der Waals surface area (Å²) < 4.78 is 43.1. The molecule has 6 nitrogen and oxygen atoms in total. The molecule has 1 unspecified atom stereocenters. The number of carboxylic acid groups (broad SMARTS) is 1. The first-order valence-corrected chi connectivity index (χ1v) is 5.39. The van der Waals surface area contributed by atoms with Crippen molar-refractivity contribution in [2.45, 2.75) is 18.6 Å². The minimum Gasteiger partial charge on any atom is -0.478 e. The standard InChI is InChI=1S/C10H10F3N3O3/c11-10(12,13)7-6(8(17)18)3-14-9(16-7)15-5-1-2-19-4-5/h3,5H,1-2,4H2,(H,17,18)(H,14,15,16). The predicted molar refractivity (Wildman–Crippen MR) is 56.8 cm³/mol. The van der Waals surface area contributed by atoms with Crippen LogP contribution in [0.3, 0.4) is 0 Å². The molecule has 2 heterocycles. The largest absolute Gasteiger partial charge is 0.478 e. The topological polar surface area (TPSA) is 84.3 Å². The molecule has 19 heavy (non-hydrogen) atoms. The van der Waals surface area contributed by atoms with E-state index in [1.54, 1.807) is 0 Å². The summed E-state index contributed by atoms with van der Waals surface area (Å²) >= 11 is 0. The minimum absolute atomic E-state index is 0.170. The van der Waals surface area contributed by atoms with Crippen molar-refractivity contribution in [3.63, 3.8) is 0 Å². The van der Waals surface area contributed by atoms with Crippen molar-refractivity contribution in [2.24, 2.45) is 0 Å². The number of alkyl halides is 3. The second-order valence-corrected chi connectivity index (χ2v) is 3.96. The van der Waals surface area contributed by atoms with E-state index in [1.807, 2.05) is 0 Å². The van der Waals surface area contributed by atoms with Crippen molar-refractivity contribution in [2.75, 3.05) is 18.5 Å². The van der Waals surface area contributed by atoms with Gasteiger partial charge in [-0.3, -0.25) is 0 Å². The Labute approximate surface area is 105 Å². The number of carbonyl (C=O) groups is 1. The molecule has 0 aliphatic carbocycles. The normalized spacial score (nSPS) is 19.4. The number of ether oxygens (including phenoxy) is 1. The van der Waals surface area contributed by atoms with Gasteiger partial charge >= 0.3 is 12.1 Å². The van der Waals surface area contributed by atoms with Crippen LogP contribution in [0, 0.1) is 0 Å². The van der Waals surface area contributed by atoms with Gasteiger partial charge in [0.25, 0.3) is 0 Å². The van der Waals surface area contributed by atoms with E-state index in [2.05, 4.69) is 15.3 Å². The third-order valence-corrected chi connectivity index (χ3v) is 2.55. The molecule has 2 rings (SSSR count). The van der Waals surface area contributed by atoms with Crippen molar-refractivity contribution in [3.8, 4) is 0 Å². The molecule has 1 aromatic heterocycles. The molecule has 1 aliphatic rings. The lowest BCUT2D eigenvalue weighted by atomic mass is 10.2. The first-order valence-electron chi connectivity index (χ1n) is 5.39. The lowest BCUT2D eigenvalue weighted by Crippen LogP contribution is -2.23. The molecule has 0 amide bonds. The highest BCUT2D eigenvalue weighted by Gasteiger charge is 2.38. The number of hydrogen-bond donors (Lipinski definition) is 2. The van der Waals surface area contributed by atoms with Gasteiger partial charge in [0.2, 0.25) is 5.95 Å². The van der Waals surface area contributed by atoms with Gasteiger partial charge in [-0.05, 0) is 6.42 Å². The van der Waals surface area contributed by atoms with Gasteiger partial charge in [0.15, 0.2) is 5.69 Å². The molecule has 2 N–H and O–H groups in total. The average molecular weight is 277 g/mol. The number of hydrogen-bond acceptors (Lipinski definition) is 5. The molecule has 0 bridgehead atoms. The zero-order valence-corrected chi connectivity index (χ0v) is 9.57. The Morgan fingerprint density at radius 3 is 2.79 bits per heavy atom. The molecule has 1 fully saturated rings. The maximum absolute atomic E-state index is 12.7. The third kappa shape index (κ3) is 3.11. The van der Waals surface area contributed by atoms with Crippen LogP contribution in [-0.2, 0) is 10.9 Å². The average Bonchev–Trinajstić information content (AvgIpc) is 2.80. The molecule has 0 aromatic carbocycles. The highest BCUT2D eigenvalue weighted by Crippen LogP contribution is 2.30. The van der Waals surface area contributed by atoms with Gasteiger partial charge in [-0.1, -0.05) is 0 Å². The summed E-state index contributed by atoms with van der Waals surface area (Å²) in [7, 11) is 0. The Bertz CT molecular complexity index is 487. The first-order chi connectivity index (χ1) is 8.88. The molecular weight excluding hydrogens is 267 g/mol. The zero-order valence-electron chi connectivity index (χ0n) is 9.57. The van der Waals surface area contributed by atoms with Crippen molar-refractivity contribution in [1.29, 1.82) is 0 Å². The van der Waals surface area contributed by atoms with E-state index in [4.69, 9.17) is 9.84 Å². The predicted octanol–water partition coefficient (Wildman–Crippen LogP) is 1.39. The summed E-state index contributed by atoms with van der Waals surface area (Å²) in [6, 6.07) is -0.170. The smallest absolute Gasteiger partial charge is 0.434 e. The highest BCUT2D eigenvalue weighted by molar-refractivity contribution is 5.88. The molecule has 0 spiro atoms. The summed E-state index contributed by atoms with van der Waals surface area (Å²) in [4.78, 5) is 17.5. The van der Waals surface area contributed by atoms with E-state index < -0.39 is 23.4 Å². The summed E-state index contributed by atoms with van der Waals surface area (Å²) in [5.41, 5.74) is -2.43. The number of rotatable bonds is 3. The number of nitrogens with one attached hydrogen (secondary N) is 1. The Kier molecular flexibility index (Phi) is 3.56. The van der Waals surface area contributed by atoms with E-state index in [0.29, 0.717) is 25.8 Å². The van der Waals surface area contributed by atoms with Crippen LogP contribution >= 0.6 is 0 Å². The molecule has 104 valence electrons. The van der Waals surface area contributed by atoms with Crippen molar-refractivity contribution >= 4 is 11.9 Å². The second kappa shape index (κ2) is 5.00. The summed E-state index contributed by atoms with van der Waals surface area (Å²) in [5, 5.41) is 11.4. The van der Waals surface area contributed by atoms with Crippen LogP contribution in [0.1, 0.15) is 22.5 Å². The minimum atomic E-state index is -4.85. The number of anilines is 1. The quantitative estimate of drug-likeness (QED) is 0.868. The Balaban J connectivity index is 2.29. The maximum atomic E-state index is 12.7. The van der Waals surface area contributed by atoms with Crippen LogP contribution in [0.15, 0.2) is 6.20 Å². The molecular formula is C10H10F3N3O3. The van der Waals surface area contributed by atoms with Gasteiger partial charge in [0, 0.05) is 12.8 Å². The van der Waals surface area contributed by atoms with Crippen molar-refractivity contribution in [1.82, 2.24) is 9.97 Å². The lowest BCUT2D eigenvalue weighted by molar-refractivity contribution is -0.141. The molecule has 1 saturated heterocycles. The highest BCUT2D eigenvalue weighted by atomic mass is 19.4. The van der Waals surface area contributed by atoms with Crippen LogP contribution in [0.25, 0.3) is 0 Å². The van der Waals surface area contributed by atoms with E-state index in [9.17, 15) is 18.0 Å². The van der Waals surface area contributed by atoms with E-state index >= 15 is 0 Å². The fraction of sp³-hybridized carbons (Fsp3) is 0.500. The number of carboxylic acids is 1. The summed E-state index contributed by atoms with van der Waals surface area (Å²) in [5.74, 6) is -1.98. The number of aromatic nitrogens is 2. The maximum Gasteiger partial charge on any atom is 0.434 e. The molecule has 1 aliphatic heterocycles. The second-order valence-electron chi connectivity index (χ2n) is 3.96. The van der Waals surface area contributed by atoms with Crippen LogP contribution in [-0.4, -0.2) is 40.3 Å². The van der Waals surface area contributed by atoms with E-state index in [0.717, 1.165) is 0 Å². The van der Waals surface area contributed by atoms with Crippen LogP contribution in [0.4, 0.5) is 19.1 Å². The van der Waals surface area contributed by atoms with Crippen LogP contribution in [0.5, 0.6) is 0 Å². The lowest BCUT2D eigenvalue weighted by Gasteiger charge is -2.13. The Morgan fingerprint density at radius 1 is 1.53 bits per heavy atom. The SMILES string of the molecule is O=C(O)c1cnc(NC2CCOC2)nc1C(F)(F)F. The van der Waals surface area contributed by atoms with Gasteiger partial charge in [-0.2, -0.15) is 13.2 Å². The van der Waals surface area contributed by atoms with Crippen molar-refractivity contribution < 1.29 is 27.8 Å². The summed E-state index contributed by atoms with van der Waals surface area (Å²) in [6.07, 6.45) is -3.57. The molecule has 9 heteroatoms. The Hall–Kier alpha value is -1.90. The van der Waals surface area contributed by atoms with Crippen LogP contribution in [0.2, 0.25) is 0 Å². The van der Waals surface area contributed by atoms with E-state index in [1.165, 1.54) is 0 Å². The monoisotopic (exact) mass is 277 g/mol. The van der Waals surface area contributed by atoms with Gasteiger partial charge in [0.1, 0.15) is 5.56 Å². The zero-order chi connectivity index (χ0) is 14.0. The Morgan fingerprint density at radius 2 is 2.26 bits per heavy atom. The summed E-state index contributed by atoms with van der Waals surface area (Å²) in [6.45, 7) is 0.863. The molecule has 1 aromatic rings. The van der Waals surface area contributed by atoms with E-state index in [-0.39, 0.29) is 12.0 Å². The van der Waals surface area contributed by atoms with Crippen LogP contribution < -0.4 is 5.32 Å². The fourth-order valence-electron chi connectivity index (χ4n) is 1.65. The molecule has 1 atom stereocenters. The van der Waals surface area contributed by atoms with Crippen molar-refractivity contribution in [3.05, 3.63) is 17.5 Å². The third-order valence-electron chi connectivity index (χ3n) is 2.55. The van der Waals surface area contributed by atoms with Gasteiger partial charge in [-0.15, -0.1) is 0 Å². The number of nitrogens with zero attached hydrogens (tertiary/aromatic N) is 2. The first kappa shape index (κ1) is 13.5. The van der Waals surface area contributed by atoms with Gasteiger partial charge in [-0.25, -0.2) is 14.8 Å². The number of halogens is 3. The molecule has 0 saturated carbocycles. The molecule has 0 radical (unpaired) electrons.